The number of carbonyl (C=O) groups excluding carboxylic acids is 1. The van der Waals surface area contributed by atoms with Gasteiger partial charge in [-0.1, -0.05) is 36.4 Å². The molecule has 1 amide bonds. The molecule has 0 bridgehead atoms. The number of benzene rings is 2. The predicted octanol–water partition coefficient (Wildman–Crippen LogP) is 4.63. The standard InChI is InChI=1S/C23H22N4O2/c1-15-7-3-4-8-18(15)23(28)26-16(2)20-11-22(24-12-17-13-29-14-25-17)27-21-10-6-5-9-19(20)21/h3-11,13-14,16H,12H2,1-2H3,(H,24,27)(H,26,28). The van der Waals surface area contributed by atoms with E-state index in [1.165, 1.54) is 6.39 Å². The third kappa shape index (κ3) is 4.11. The van der Waals surface area contributed by atoms with Gasteiger partial charge in [0.1, 0.15) is 12.1 Å². The van der Waals surface area contributed by atoms with Gasteiger partial charge in [0.25, 0.3) is 5.91 Å². The van der Waals surface area contributed by atoms with E-state index in [9.17, 15) is 4.79 Å². The molecule has 0 fully saturated rings. The van der Waals surface area contributed by atoms with Gasteiger partial charge in [-0.3, -0.25) is 4.79 Å². The van der Waals surface area contributed by atoms with E-state index in [0.29, 0.717) is 12.1 Å². The molecular formula is C23H22N4O2. The van der Waals surface area contributed by atoms with Crippen LogP contribution in [0.1, 0.15) is 40.1 Å². The summed E-state index contributed by atoms with van der Waals surface area (Å²) >= 11 is 0. The van der Waals surface area contributed by atoms with Crippen molar-refractivity contribution < 1.29 is 9.21 Å². The van der Waals surface area contributed by atoms with Gasteiger partial charge in [0.15, 0.2) is 6.39 Å². The normalized spacial score (nSPS) is 11.9. The Morgan fingerprint density at radius 1 is 1.14 bits per heavy atom. The van der Waals surface area contributed by atoms with Crippen LogP contribution in [0.15, 0.2) is 71.7 Å². The summed E-state index contributed by atoms with van der Waals surface area (Å²) in [6.45, 7) is 4.43. The molecule has 2 aromatic carbocycles. The number of amides is 1. The number of aromatic nitrogens is 2. The number of nitrogens with zero attached hydrogens (tertiary/aromatic N) is 2. The molecule has 2 aromatic heterocycles. The van der Waals surface area contributed by atoms with E-state index in [0.717, 1.165) is 33.5 Å². The van der Waals surface area contributed by atoms with Gasteiger partial charge in [-0.2, -0.15) is 0 Å². The average Bonchev–Trinajstić information content (AvgIpc) is 3.25. The maximum Gasteiger partial charge on any atom is 0.252 e. The number of carbonyl (C=O) groups is 1. The number of pyridine rings is 1. The van der Waals surface area contributed by atoms with Crippen LogP contribution in [0.4, 0.5) is 5.82 Å². The van der Waals surface area contributed by atoms with E-state index in [4.69, 9.17) is 4.42 Å². The lowest BCUT2D eigenvalue weighted by Crippen LogP contribution is -2.27. The first-order chi connectivity index (χ1) is 14.1. The minimum Gasteiger partial charge on any atom is -0.451 e. The van der Waals surface area contributed by atoms with Gasteiger partial charge < -0.3 is 15.1 Å². The van der Waals surface area contributed by atoms with E-state index in [-0.39, 0.29) is 11.9 Å². The van der Waals surface area contributed by atoms with Crippen molar-refractivity contribution in [1.29, 1.82) is 0 Å². The first kappa shape index (κ1) is 18.7. The number of hydrogen-bond acceptors (Lipinski definition) is 5. The highest BCUT2D eigenvalue weighted by Gasteiger charge is 2.16. The Labute approximate surface area is 169 Å². The number of nitrogens with one attached hydrogen (secondary N) is 2. The molecule has 4 aromatic rings. The zero-order chi connectivity index (χ0) is 20.2. The van der Waals surface area contributed by atoms with Crippen molar-refractivity contribution in [2.24, 2.45) is 0 Å². The monoisotopic (exact) mass is 386 g/mol. The molecule has 29 heavy (non-hydrogen) atoms. The molecule has 4 rings (SSSR count). The summed E-state index contributed by atoms with van der Waals surface area (Å²) < 4.78 is 5.01. The fraction of sp³-hybridized carbons (Fsp3) is 0.174. The first-order valence-corrected chi connectivity index (χ1v) is 9.49. The average molecular weight is 386 g/mol. The molecule has 0 saturated carbocycles. The van der Waals surface area contributed by atoms with Crippen LogP contribution < -0.4 is 10.6 Å². The molecule has 1 unspecified atom stereocenters. The first-order valence-electron chi connectivity index (χ1n) is 9.49. The Bertz CT molecular complexity index is 1140. The second-order valence-electron chi connectivity index (χ2n) is 6.96. The lowest BCUT2D eigenvalue weighted by molar-refractivity contribution is 0.0939. The highest BCUT2D eigenvalue weighted by molar-refractivity contribution is 5.96. The number of fused-ring (bicyclic) bond motifs is 1. The smallest absolute Gasteiger partial charge is 0.252 e. The van der Waals surface area contributed by atoms with Gasteiger partial charge in [0.05, 0.1) is 23.8 Å². The minimum absolute atomic E-state index is 0.0893. The van der Waals surface area contributed by atoms with Crippen LogP contribution in [0.25, 0.3) is 10.9 Å². The van der Waals surface area contributed by atoms with Crippen molar-refractivity contribution in [3.63, 3.8) is 0 Å². The number of aryl methyl sites for hydroxylation is 1. The summed E-state index contributed by atoms with van der Waals surface area (Å²) in [6.07, 6.45) is 3.00. The van der Waals surface area contributed by atoms with Gasteiger partial charge in [-0.15, -0.1) is 0 Å². The maximum atomic E-state index is 12.8. The molecule has 6 nitrogen and oxygen atoms in total. The molecule has 0 aliphatic heterocycles. The summed E-state index contributed by atoms with van der Waals surface area (Å²) in [7, 11) is 0. The molecule has 6 heteroatoms. The van der Waals surface area contributed by atoms with Crippen molar-refractivity contribution in [1.82, 2.24) is 15.3 Å². The summed E-state index contributed by atoms with van der Waals surface area (Å²) in [5.41, 5.74) is 4.29. The lowest BCUT2D eigenvalue weighted by atomic mass is 10.0. The zero-order valence-corrected chi connectivity index (χ0v) is 16.3. The summed E-state index contributed by atoms with van der Waals surface area (Å²) in [4.78, 5) is 21.6. The highest BCUT2D eigenvalue weighted by Crippen LogP contribution is 2.26. The fourth-order valence-electron chi connectivity index (χ4n) is 3.34. The highest BCUT2D eigenvalue weighted by atomic mass is 16.3. The van der Waals surface area contributed by atoms with Crippen molar-refractivity contribution >= 4 is 22.6 Å². The van der Waals surface area contributed by atoms with E-state index in [1.54, 1.807) is 6.26 Å². The fourth-order valence-corrected chi connectivity index (χ4v) is 3.34. The number of oxazole rings is 1. The Morgan fingerprint density at radius 2 is 1.93 bits per heavy atom. The third-order valence-electron chi connectivity index (χ3n) is 4.89. The third-order valence-corrected chi connectivity index (χ3v) is 4.89. The van der Waals surface area contributed by atoms with Crippen LogP contribution in [0, 0.1) is 6.92 Å². The van der Waals surface area contributed by atoms with Gasteiger partial charge in [-0.05, 0) is 43.2 Å². The van der Waals surface area contributed by atoms with E-state index in [1.807, 2.05) is 68.4 Å². The maximum absolute atomic E-state index is 12.8. The van der Waals surface area contributed by atoms with Gasteiger partial charge >= 0.3 is 0 Å². The molecule has 0 aliphatic rings. The van der Waals surface area contributed by atoms with E-state index < -0.39 is 0 Å². The number of hydrogen-bond donors (Lipinski definition) is 2. The zero-order valence-electron chi connectivity index (χ0n) is 16.3. The topological polar surface area (TPSA) is 80.0 Å². The van der Waals surface area contributed by atoms with E-state index >= 15 is 0 Å². The van der Waals surface area contributed by atoms with Crippen LogP contribution in [-0.2, 0) is 6.54 Å². The molecule has 2 heterocycles. The quantitative estimate of drug-likeness (QED) is 0.505. The van der Waals surface area contributed by atoms with Crippen molar-refractivity contribution in [3.8, 4) is 0 Å². The van der Waals surface area contributed by atoms with Crippen LogP contribution in [0.3, 0.4) is 0 Å². The molecule has 0 spiro atoms. The Hall–Kier alpha value is -3.67. The Kier molecular flexibility index (Phi) is 5.24. The van der Waals surface area contributed by atoms with Gasteiger partial charge in [-0.25, -0.2) is 9.97 Å². The largest absolute Gasteiger partial charge is 0.451 e. The Morgan fingerprint density at radius 3 is 2.72 bits per heavy atom. The second kappa shape index (κ2) is 8.14. The van der Waals surface area contributed by atoms with Crippen molar-refractivity contribution in [2.75, 3.05) is 5.32 Å². The number of rotatable bonds is 6. The summed E-state index contributed by atoms with van der Waals surface area (Å²) in [5, 5.41) is 7.41. The van der Waals surface area contributed by atoms with E-state index in [2.05, 4.69) is 20.6 Å². The molecule has 0 radical (unpaired) electrons. The molecule has 146 valence electrons. The molecule has 1 atom stereocenters. The summed E-state index contributed by atoms with van der Waals surface area (Å²) in [5.74, 6) is 0.632. The van der Waals surface area contributed by atoms with Crippen LogP contribution in [0.5, 0.6) is 0 Å². The number of para-hydroxylation sites is 1. The van der Waals surface area contributed by atoms with Crippen LogP contribution in [0.2, 0.25) is 0 Å². The number of anilines is 1. The molecular weight excluding hydrogens is 364 g/mol. The Balaban J connectivity index is 1.62. The van der Waals surface area contributed by atoms with Crippen LogP contribution >= 0.6 is 0 Å². The van der Waals surface area contributed by atoms with Crippen molar-refractivity contribution in [2.45, 2.75) is 26.4 Å². The summed E-state index contributed by atoms with van der Waals surface area (Å²) in [6, 6.07) is 17.3. The second-order valence-corrected chi connectivity index (χ2v) is 6.96. The molecule has 2 N–H and O–H groups in total. The SMILES string of the molecule is Cc1ccccc1C(=O)NC(C)c1cc(NCc2cocn2)nc2ccccc12. The van der Waals surface area contributed by atoms with Gasteiger partial charge in [0, 0.05) is 10.9 Å². The van der Waals surface area contributed by atoms with Crippen molar-refractivity contribution in [3.05, 3.63) is 89.6 Å². The van der Waals surface area contributed by atoms with Crippen LogP contribution in [-0.4, -0.2) is 15.9 Å². The predicted molar refractivity (Wildman–Crippen MR) is 113 cm³/mol. The molecule has 0 saturated heterocycles. The molecule has 0 aliphatic carbocycles. The lowest BCUT2D eigenvalue weighted by Gasteiger charge is -2.18. The minimum atomic E-state index is -0.192. The van der Waals surface area contributed by atoms with Gasteiger partial charge in [0.2, 0.25) is 0 Å².